The van der Waals surface area contributed by atoms with E-state index in [-0.39, 0.29) is 5.54 Å². The summed E-state index contributed by atoms with van der Waals surface area (Å²) in [5, 5.41) is 4.02. The zero-order chi connectivity index (χ0) is 7.61. The summed E-state index contributed by atoms with van der Waals surface area (Å²) in [5.41, 5.74) is -0.0282. The largest absolute Gasteiger partial charge is 0.247 e. The molecular formula is C6H11N3S. The van der Waals surface area contributed by atoms with Crippen molar-refractivity contribution in [1.29, 1.82) is 0 Å². The molecule has 4 heteroatoms. The number of thiol groups is 1. The van der Waals surface area contributed by atoms with E-state index in [1.165, 1.54) is 6.33 Å². The Morgan fingerprint density at radius 2 is 2.30 bits per heavy atom. The maximum atomic E-state index is 4.20. The Labute approximate surface area is 65.9 Å². The van der Waals surface area contributed by atoms with Crippen LogP contribution < -0.4 is 0 Å². The van der Waals surface area contributed by atoms with Crippen molar-refractivity contribution >= 4 is 12.6 Å². The number of hydrogen-bond acceptors (Lipinski definition) is 3. The van der Waals surface area contributed by atoms with Crippen LogP contribution in [-0.2, 0) is 5.54 Å². The molecule has 0 N–H and O–H groups in total. The van der Waals surface area contributed by atoms with E-state index in [2.05, 4.69) is 36.6 Å². The second kappa shape index (κ2) is 2.62. The van der Waals surface area contributed by atoms with Crippen LogP contribution in [0.3, 0.4) is 0 Å². The molecule has 1 rings (SSSR count). The van der Waals surface area contributed by atoms with Gasteiger partial charge >= 0.3 is 0 Å². The lowest BCUT2D eigenvalue weighted by molar-refractivity contribution is 0.363. The van der Waals surface area contributed by atoms with Gasteiger partial charge in [0.05, 0.1) is 5.54 Å². The van der Waals surface area contributed by atoms with Gasteiger partial charge in [0.25, 0.3) is 0 Å². The SMILES string of the molecule is CC(C)(CS)n1cncn1. The average molecular weight is 157 g/mol. The van der Waals surface area contributed by atoms with E-state index in [1.54, 1.807) is 11.0 Å². The summed E-state index contributed by atoms with van der Waals surface area (Å²) in [4.78, 5) is 3.85. The Balaban J connectivity index is 2.85. The number of hydrogen-bond donors (Lipinski definition) is 1. The highest BCUT2D eigenvalue weighted by Gasteiger charge is 2.17. The first-order valence-electron chi connectivity index (χ1n) is 3.13. The van der Waals surface area contributed by atoms with E-state index in [1.807, 2.05) is 0 Å². The first-order chi connectivity index (χ1) is 4.67. The summed E-state index contributed by atoms with van der Waals surface area (Å²) in [5.74, 6) is 0.760. The molecule has 0 atom stereocenters. The number of nitrogens with zero attached hydrogens (tertiary/aromatic N) is 3. The first-order valence-corrected chi connectivity index (χ1v) is 3.76. The van der Waals surface area contributed by atoms with Crippen LogP contribution in [0.15, 0.2) is 12.7 Å². The van der Waals surface area contributed by atoms with Crippen LogP contribution in [-0.4, -0.2) is 20.5 Å². The molecule has 0 aromatic carbocycles. The van der Waals surface area contributed by atoms with E-state index < -0.39 is 0 Å². The Morgan fingerprint density at radius 3 is 2.70 bits per heavy atom. The predicted octanol–water partition coefficient (Wildman–Crippen LogP) is 0.943. The quantitative estimate of drug-likeness (QED) is 0.648. The molecule has 1 aromatic heterocycles. The Bertz CT molecular complexity index is 193. The van der Waals surface area contributed by atoms with Crippen LogP contribution >= 0.6 is 12.6 Å². The molecule has 0 saturated heterocycles. The molecular weight excluding hydrogens is 146 g/mol. The molecule has 0 bridgehead atoms. The maximum Gasteiger partial charge on any atom is 0.137 e. The molecule has 0 fully saturated rings. The third-order valence-corrected chi connectivity index (χ3v) is 2.20. The van der Waals surface area contributed by atoms with Crippen molar-refractivity contribution in [2.75, 3.05) is 5.75 Å². The van der Waals surface area contributed by atoms with Crippen LogP contribution in [0.5, 0.6) is 0 Å². The summed E-state index contributed by atoms with van der Waals surface area (Å²) in [6.45, 7) is 4.13. The fourth-order valence-electron chi connectivity index (χ4n) is 0.593. The zero-order valence-corrected chi connectivity index (χ0v) is 7.05. The van der Waals surface area contributed by atoms with Crippen LogP contribution in [0.2, 0.25) is 0 Å². The summed E-state index contributed by atoms with van der Waals surface area (Å²) < 4.78 is 1.81. The lowest BCUT2D eigenvalue weighted by Gasteiger charge is -2.21. The molecule has 0 aliphatic rings. The molecule has 0 amide bonds. The van der Waals surface area contributed by atoms with E-state index in [4.69, 9.17) is 0 Å². The van der Waals surface area contributed by atoms with Gasteiger partial charge in [0.15, 0.2) is 0 Å². The van der Waals surface area contributed by atoms with Crippen molar-refractivity contribution in [2.24, 2.45) is 0 Å². The molecule has 56 valence electrons. The third-order valence-electron chi connectivity index (χ3n) is 1.43. The van der Waals surface area contributed by atoms with Crippen molar-refractivity contribution in [1.82, 2.24) is 14.8 Å². The fraction of sp³-hybridized carbons (Fsp3) is 0.667. The molecule has 1 heterocycles. The van der Waals surface area contributed by atoms with Gasteiger partial charge in [-0.15, -0.1) is 0 Å². The van der Waals surface area contributed by atoms with Crippen molar-refractivity contribution in [3.05, 3.63) is 12.7 Å². The van der Waals surface area contributed by atoms with Gasteiger partial charge in [-0.1, -0.05) is 0 Å². The number of rotatable bonds is 2. The highest BCUT2D eigenvalue weighted by atomic mass is 32.1. The lowest BCUT2D eigenvalue weighted by Crippen LogP contribution is -2.28. The van der Waals surface area contributed by atoms with Crippen LogP contribution in [0.25, 0.3) is 0 Å². The van der Waals surface area contributed by atoms with Crippen LogP contribution in [0.1, 0.15) is 13.8 Å². The fourth-order valence-corrected chi connectivity index (χ4v) is 0.738. The minimum Gasteiger partial charge on any atom is -0.247 e. The van der Waals surface area contributed by atoms with Gasteiger partial charge in [-0.25, -0.2) is 9.67 Å². The minimum absolute atomic E-state index is 0.0282. The normalized spacial score (nSPS) is 11.9. The van der Waals surface area contributed by atoms with Crippen LogP contribution in [0.4, 0.5) is 0 Å². The Kier molecular flexibility index (Phi) is 1.99. The van der Waals surface area contributed by atoms with Gasteiger partial charge in [-0.05, 0) is 13.8 Å². The van der Waals surface area contributed by atoms with Gasteiger partial charge in [-0.2, -0.15) is 17.7 Å². The molecule has 0 aliphatic heterocycles. The van der Waals surface area contributed by atoms with E-state index in [0.29, 0.717) is 0 Å². The van der Waals surface area contributed by atoms with E-state index in [9.17, 15) is 0 Å². The molecule has 1 aromatic rings. The van der Waals surface area contributed by atoms with Crippen LogP contribution in [0, 0.1) is 0 Å². The van der Waals surface area contributed by atoms with E-state index in [0.717, 1.165) is 5.75 Å². The van der Waals surface area contributed by atoms with Crippen molar-refractivity contribution in [3.63, 3.8) is 0 Å². The second-order valence-electron chi connectivity index (χ2n) is 2.81. The lowest BCUT2D eigenvalue weighted by atomic mass is 10.1. The van der Waals surface area contributed by atoms with Crippen molar-refractivity contribution in [3.8, 4) is 0 Å². The molecule has 0 spiro atoms. The van der Waals surface area contributed by atoms with Gasteiger partial charge in [0.2, 0.25) is 0 Å². The molecule has 0 aliphatic carbocycles. The monoisotopic (exact) mass is 157 g/mol. The smallest absolute Gasteiger partial charge is 0.137 e. The summed E-state index contributed by atoms with van der Waals surface area (Å²) in [7, 11) is 0. The summed E-state index contributed by atoms with van der Waals surface area (Å²) >= 11 is 4.20. The van der Waals surface area contributed by atoms with Gasteiger partial charge in [0.1, 0.15) is 12.7 Å². The third kappa shape index (κ3) is 1.31. The van der Waals surface area contributed by atoms with Gasteiger partial charge in [0, 0.05) is 5.75 Å². The Hall–Kier alpha value is -0.510. The predicted molar refractivity (Wildman–Crippen MR) is 43.2 cm³/mol. The molecule has 0 radical (unpaired) electrons. The average Bonchev–Trinajstić information content (AvgIpc) is 2.38. The second-order valence-corrected chi connectivity index (χ2v) is 3.13. The molecule has 10 heavy (non-hydrogen) atoms. The van der Waals surface area contributed by atoms with E-state index >= 15 is 0 Å². The maximum absolute atomic E-state index is 4.20. The van der Waals surface area contributed by atoms with Crippen molar-refractivity contribution < 1.29 is 0 Å². The topological polar surface area (TPSA) is 30.7 Å². The molecule has 0 unspecified atom stereocenters. The number of aromatic nitrogens is 3. The van der Waals surface area contributed by atoms with Crippen molar-refractivity contribution in [2.45, 2.75) is 19.4 Å². The Morgan fingerprint density at radius 1 is 1.60 bits per heavy atom. The minimum atomic E-state index is -0.0282. The van der Waals surface area contributed by atoms with Gasteiger partial charge < -0.3 is 0 Å². The molecule has 0 saturated carbocycles. The zero-order valence-electron chi connectivity index (χ0n) is 6.15. The summed E-state index contributed by atoms with van der Waals surface area (Å²) in [6, 6.07) is 0. The standard InChI is InChI=1S/C6H11N3S/c1-6(2,3-10)9-5-7-4-8-9/h4-5,10H,3H2,1-2H3. The van der Waals surface area contributed by atoms with Gasteiger partial charge in [-0.3, -0.25) is 0 Å². The highest BCUT2D eigenvalue weighted by molar-refractivity contribution is 7.80. The summed E-state index contributed by atoms with van der Waals surface area (Å²) in [6.07, 6.45) is 3.24. The molecule has 3 nitrogen and oxygen atoms in total. The highest BCUT2D eigenvalue weighted by Crippen LogP contribution is 2.13. The first kappa shape index (κ1) is 7.60.